The quantitative estimate of drug-likeness (QED) is 0.158. The van der Waals surface area contributed by atoms with E-state index < -0.39 is 73.7 Å². The highest BCUT2D eigenvalue weighted by atomic mass is 19.3. The summed E-state index contributed by atoms with van der Waals surface area (Å²) in [7, 11) is 0. The molecule has 4 atom stereocenters. The van der Waals surface area contributed by atoms with Gasteiger partial charge in [0, 0.05) is 0 Å². The fraction of sp³-hybridized carbons (Fsp3) is 0.478. The number of nitrogens with zero attached hydrogens (tertiary/aromatic N) is 2. The number of halogens is 4. The SMILES string of the molecule is C[C@]1(C(=O)[C@H](Cc2ccccc2)NC(=O)[C@H](COC(F)F)NC(=O)[C@H](COC(F)F)NC(=O)c2ncn[nH]2)CO1. The number of aromatic amines is 1. The number of amides is 3. The van der Waals surface area contributed by atoms with Crippen molar-refractivity contribution in [1.82, 2.24) is 31.1 Å². The zero-order valence-electron chi connectivity index (χ0n) is 20.9. The Hall–Kier alpha value is -3.96. The molecule has 3 amide bonds. The lowest BCUT2D eigenvalue weighted by molar-refractivity contribution is -0.152. The Labute approximate surface area is 224 Å². The van der Waals surface area contributed by atoms with Crippen molar-refractivity contribution < 1.29 is 51.0 Å². The molecule has 0 saturated carbocycles. The molecule has 1 aromatic heterocycles. The van der Waals surface area contributed by atoms with Crippen LogP contribution in [0.4, 0.5) is 17.6 Å². The Balaban J connectivity index is 1.76. The second-order valence-corrected chi connectivity index (χ2v) is 8.74. The van der Waals surface area contributed by atoms with Crippen LogP contribution in [0.2, 0.25) is 0 Å². The van der Waals surface area contributed by atoms with Crippen LogP contribution in [0.1, 0.15) is 23.1 Å². The number of epoxide rings is 1. The van der Waals surface area contributed by atoms with E-state index in [4.69, 9.17) is 4.74 Å². The molecular formula is C23H26F4N6O7. The maximum Gasteiger partial charge on any atom is 0.345 e. The van der Waals surface area contributed by atoms with Gasteiger partial charge in [0.15, 0.2) is 5.78 Å². The number of hydrogen-bond donors (Lipinski definition) is 4. The second kappa shape index (κ2) is 13.9. The summed E-state index contributed by atoms with van der Waals surface area (Å²) in [6.45, 7) is -7.15. The zero-order chi connectivity index (χ0) is 29.3. The number of benzene rings is 1. The number of H-pyrrole nitrogens is 1. The van der Waals surface area contributed by atoms with Gasteiger partial charge < -0.3 is 30.2 Å². The van der Waals surface area contributed by atoms with Crippen LogP contribution in [0.25, 0.3) is 0 Å². The van der Waals surface area contributed by atoms with Crippen LogP contribution in [0.15, 0.2) is 36.7 Å². The van der Waals surface area contributed by atoms with E-state index in [1.807, 2.05) is 0 Å². The summed E-state index contributed by atoms with van der Waals surface area (Å²) in [4.78, 5) is 54.9. The molecule has 0 spiro atoms. The van der Waals surface area contributed by atoms with Gasteiger partial charge >= 0.3 is 13.2 Å². The van der Waals surface area contributed by atoms with Crippen LogP contribution in [0.5, 0.6) is 0 Å². The van der Waals surface area contributed by atoms with Crippen LogP contribution >= 0.6 is 0 Å². The van der Waals surface area contributed by atoms with Gasteiger partial charge in [-0.25, -0.2) is 4.98 Å². The van der Waals surface area contributed by atoms with Crippen molar-refractivity contribution in [3.8, 4) is 0 Å². The van der Waals surface area contributed by atoms with Crippen LogP contribution in [0.3, 0.4) is 0 Å². The lowest BCUT2D eigenvalue weighted by Gasteiger charge is -2.25. The summed E-state index contributed by atoms with van der Waals surface area (Å²) < 4.78 is 64.5. The average Bonchev–Trinajstić information content (AvgIpc) is 3.42. The van der Waals surface area contributed by atoms with E-state index in [2.05, 4.69) is 40.6 Å². The van der Waals surface area contributed by atoms with E-state index in [0.717, 1.165) is 6.33 Å². The summed E-state index contributed by atoms with van der Waals surface area (Å²) in [5, 5.41) is 12.2. The molecule has 1 aliphatic rings. The normalized spacial score (nSPS) is 18.6. The third kappa shape index (κ3) is 9.06. The third-order valence-corrected chi connectivity index (χ3v) is 5.68. The molecule has 1 aromatic carbocycles. The van der Waals surface area contributed by atoms with E-state index in [0.29, 0.717) is 5.56 Å². The minimum atomic E-state index is -3.34. The molecule has 2 heterocycles. The van der Waals surface area contributed by atoms with E-state index >= 15 is 0 Å². The van der Waals surface area contributed by atoms with Gasteiger partial charge in [0.25, 0.3) is 5.91 Å². The first kappa shape index (κ1) is 30.6. The van der Waals surface area contributed by atoms with Gasteiger partial charge in [-0.1, -0.05) is 30.3 Å². The first-order chi connectivity index (χ1) is 19.0. The molecule has 1 saturated heterocycles. The minimum Gasteiger partial charge on any atom is -0.361 e. The molecule has 1 aliphatic heterocycles. The van der Waals surface area contributed by atoms with Crippen molar-refractivity contribution in [2.45, 2.75) is 50.3 Å². The number of alkyl halides is 4. The number of rotatable bonds is 16. The van der Waals surface area contributed by atoms with Crippen molar-refractivity contribution in [2.75, 3.05) is 19.8 Å². The number of Topliss-reactive ketones (excluding diaryl/α,β-unsaturated/α-hetero) is 1. The third-order valence-electron chi connectivity index (χ3n) is 5.68. The molecular weight excluding hydrogens is 548 g/mol. The molecule has 3 rings (SSSR count). The maximum absolute atomic E-state index is 13.1. The Morgan fingerprint density at radius 3 is 2.00 bits per heavy atom. The van der Waals surface area contributed by atoms with Crippen LogP contribution in [-0.2, 0) is 35.0 Å². The van der Waals surface area contributed by atoms with Crippen molar-refractivity contribution in [2.24, 2.45) is 0 Å². The predicted octanol–water partition coefficient (Wildman–Crippen LogP) is -0.0482. The molecule has 218 valence electrons. The summed E-state index contributed by atoms with van der Waals surface area (Å²) in [5.41, 5.74) is -0.498. The van der Waals surface area contributed by atoms with Gasteiger partial charge in [-0.2, -0.15) is 22.7 Å². The number of hydrogen-bond acceptors (Lipinski definition) is 9. The lowest BCUT2D eigenvalue weighted by Crippen LogP contribution is -2.59. The highest BCUT2D eigenvalue weighted by molar-refractivity contribution is 5.99. The Morgan fingerprint density at radius 2 is 1.50 bits per heavy atom. The van der Waals surface area contributed by atoms with Crippen molar-refractivity contribution in [3.05, 3.63) is 48.0 Å². The molecule has 4 N–H and O–H groups in total. The zero-order valence-corrected chi connectivity index (χ0v) is 20.9. The van der Waals surface area contributed by atoms with E-state index in [-0.39, 0.29) is 18.9 Å². The van der Waals surface area contributed by atoms with Gasteiger partial charge in [-0.3, -0.25) is 24.3 Å². The monoisotopic (exact) mass is 574 g/mol. The van der Waals surface area contributed by atoms with Gasteiger partial charge in [0.1, 0.15) is 24.0 Å². The van der Waals surface area contributed by atoms with Gasteiger partial charge in [0.2, 0.25) is 17.6 Å². The number of carbonyl (C=O) groups excluding carboxylic acids is 4. The Bertz CT molecular complexity index is 1150. The number of aromatic nitrogens is 3. The molecule has 0 bridgehead atoms. The van der Waals surface area contributed by atoms with Crippen LogP contribution in [0, 0.1) is 0 Å². The van der Waals surface area contributed by atoms with Crippen molar-refractivity contribution in [3.63, 3.8) is 0 Å². The predicted molar refractivity (Wildman–Crippen MR) is 125 cm³/mol. The molecule has 17 heteroatoms. The highest BCUT2D eigenvalue weighted by Crippen LogP contribution is 2.29. The molecule has 40 heavy (non-hydrogen) atoms. The van der Waals surface area contributed by atoms with Crippen molar-refractivity contribution in [1.29, 1.82) is 0 Å². The topological polar surface area (TPSA) is 177 Å². The fourth-order valence-corrected chi connectivity index (χ4v) is 3.47. The standard InChI is InChI=1S/C23H26F4N6O7/c1-23(10-40-23)16(34)13(7-12-5-3-2-4-6-12)30-18(35)14(8-38-21(24)25)31-19(36)15(9-39-22(26)27)32-20(37)17-28-11-29-33-17/h2-6,11,13-15,21-22H,7-10H2,1H3,(H,30,35)(H,31,36)(H,32,37)(H,28,29,33)/t13-,14-,15-,23+/m0/s1. The molecule has 1 fully saturated rings. The van der Waals surface area contributed by atoms with E-state index in [1.165, 1.54) is 6.92 Å². The summed E-state index contributed by atoms with van der Waals surface area (Å²) in [5.74, 6) is -4.25. The lowest BCUT2D eigenvalue weighted by atomic mass is 9.94. The molecule has 0 radical (unpaired) electrons. The second-order valence-electron chi connectivity index (χ2n) is 8.74. The van der Waals surface area contributed by atoms with Gasteiger partial charge in [0.05, 0.1) is 25.9 Å². The first-order valence-electron chi connectivity index (χ1n) is 11.8. The largest absolute Gasteiger partial charge is 0.361 e. The number of nitrogens with one attached hydrogen (secondary N) is 4. The Morgan fingerprint density at radius 1 is 0.950 bits per heavy atom. The number of carbonyl (C=O) groups is 4. The number of ketones is 1. The first-order valence-corrected chi connectivity index (χ1v) is 11.8. The van der Waals surface area contributed by atoms with Crippen molar-refractivity contribution >= 4 is 23.5 Å². The van der Waals surface area contributed by atoms with Crippen LogP contribution in [-0.4, -0.2) is 95.5 Å². The highest BCUT2D eigenvalue weighted by Gasteiger charge is 2.50. The molecule has 0 unspecified atom stereocenters. The van der Waals surface area contributed by atoms with E-state index in [1.54, 1.807) is 30.3 Å². The summed E-state index contributed by atoms with van der Waals surface area (Å²) >= 11 is 0. The Kier molecular flexibility index (Phi) is 10.6. The van der Waals surface area contributed by atoms with Gasteiger partial charge in [-0.15, -0.1) is 0 Å². The maximum atomic E-state index is 13.1. The minimum absolute atomic E-state index is 0.0127. The number of ether oxygens (including phenoxy) is 3. The molecule has 2 aromatic rings. The van der Waals surface area contributed by atoms with E-state index in [9.17, 15) is 36.7 Å². The fourth-order valence-electron chi connectivity index (χ4n) is 3.47. The smallest absolute Gasteiger partial charge is 0.345 e. The van der Waals surface area contributed by atoms with Gasteiger partial charge in [-0.05, 0) is 18.9 Å². The molecule has 0 aliphatic carbocycles. The molecule has 13 nitrogen and oxygen atoms in total. The summed E-state index contributed by atoms with van der Waals surface area (Å²) in [6, 6.07) is 3.72. The summed E-state index contributed by atoms with van der Waals surface area (Å²) in [6.07, 6.45) is 0.987. The van der Waals surface area contributed by atoms with Crippen LogP contribution < -0.4 is 16.0 Å². The average molecular weight is 574 g/mol.